The van der Waals surface area contributed by atoms with E-state index in [4.69, 9.17) is 5.73 Å². The molecule has 2 N–H and O–H groups in total. The van der Waals surface area contributed by atoms with Crippen LogP contribution >= 0.6 is 0 Å². The van der Waals surface area contributed by atoms with Crippen LogP contribution in [0.5, 0.6) is 0 Å². The number of pyridine rings is 2. The van der Waals surface area contributed by atoms with Crippen LogP contribution in [0.2, 0.25) is 0 Å². The van der Waals surface area contributed by atoms with Gasteiger partial charge in [0.2, 0.25) is 0 Å². The second-order valence-corrected chi connectivity index (χ2v) is 4.74. The van der Waals surface area contributed by atoms with Gasteiger partial charge in [-0.1, -0.05) is 20.8 Å². The van der Waals surface area contributed by atoms with E-state index in [2.05, 4.69) is 36.8 Å². The summed E-state index contributed by atoms with van der Waals surface area (Å²) in [5.74, 6) is 0.493. The van der Waals surface area contributed by atoms with Crippen molar-refractivity contribution in [2.24, 2.45) is 0 Å². The van der Waals surface area contributed by atoms with Gasteiger partial charge < -0.3 is 5.73 Å². The average molecular weight is 201 g/mol. The Morgan fingerprint density at radius 3 is 2.60 bits per heavy atom. The lowest BCUT2D eigenvalue weighted by Crippen LogP contribution is -2.11. The Kier molecular flexibility index (Phi) is 2.11. The molecule has 78 valence electrons. The number of hydrogen-bond acceptors (Lipinski definition) is 3. The zero-order chi connectivity index (χ0) is 11.1. The van der Waals surface area contributed by atoms with Crippen LogP contribution in [0.3, 0.4) is 0 Å². The maximum Gasteiger partial charge on any atom is 0.149 e. The molecule has 0 radical (unpaired) electrons. The van der Waals surface area contributed by atoms with Crippen LogP contribution in [-0.4, -0.2) is 9.97 Å². The van der Waals surface area contributed by atoms with Crippen LogP contribution in [0.1, 0.15) is 26.3 Å². The maximum atomic E-state index is 5.74. The molecule has 3 heteroatoms. The van der Waals surface area contributed by atoms with Gasteiger partial charge in [0.1, 0.15) is 11.3 Å². The van der Waals surface area contributed by atoms with Gasteiger partial charge >= 0.3 is 0 Å². The normalized spacial score (nSPS) is 11.9. The molecule has 0 unspecified atom stereocenters. The first-order valence-corrected chi connectivity index (χ1v) is 4.99. The molecule has 0 aromatic carbocycles. The number of aromatic nitrogens is 2. The molecule has 2 aromatic rings. The standard InChI is InChI=1S/C12H15N3/c1-12(2,3)9-6-8-4-5-14-11(13)10(8)15-7-9/h4-7H,1-3H3,(H2,13,14). The lowest BCUT2D eigenvalue weighted by atomic mass is 9.88. The molecule has 0 saturated carbocycles. The van der Waals surface area contributed by atoms with E-state index in [0.717, 1.165) is 10.9 Å². The van der Waals surface area contributed by atoms with Crippen molar-refractivity contribution in [3.63, 3.8) is 0 Å². The van der Waals surface area contributed by atoms with E-state index in [1.807, 2.05) is 12.3 Å². The Morgan fingerprint density at radius 2 is 1.93 bits per heavy atom. The van der Waals surface area contributed by atoms with Gasteiger partial charge in [-0.25, -0.2) is 4.98 Å². The molecule has 2 rings (SSSR count). The monoisotopic (exact) mass is 201 g/mol. The minimum absolute atomic E-state index is 0.110. The van der Waals surface area contributed by atoms with Crippen molar-refractivity contribution >= 4 is 16.7 Å². The van der Waals surface area contributed by atoms with E-state index in [1.165, 1.54) is 5.56 Å². The fourth-order valence-corrected chi connectivity index (χ4v) is 1.49. The highest BCUT2D eigenvalue weighted by Crippen LogP contribution is 2.25. The second-order valence-electron chi connectivity index (χ2n) is 4.74. The highest BCUT2D eigenvalue weighted by molar-refractivity contribution is 5.87. The highest BCUT2D eigenvalue weighted by atomic mass is 14.9. The first kappa shape index (κ1) is 9.90. The van der Waals surface area contributed by atoms with Gasteiger partial charge in [-0.3, -0.25) is 4.98 Å². The van der Waals surface area contributed by atoms with E-state index in [0.29, 0.717) is 5.82 Å². The van der Waals surface area contributed by atoms with Crippen molar-refractivity contribution in [1.29, 1.82) is 0 Å². The third kappa shape index (κ3) is 1.77. The Labute approximate surface area is 89.4 Å². The Bertz CT molecular complexity index is 498. The first-order chi connectivity index (χ1) is 6.98. The van der Waals surface area contributed by atoms with E-state index in [9.17, 15) is 0 Å². The smallest absolute Gasteiger partial charge is 0.149 e. The lowest BCUT2D eigenvalue weighted by Gasteiger charge is -2.18. The lowest BCUT2D eigenvalue weighted by molar-refractivity contribution is 0.589. The zero-order valence-electron chi connectivity index (χ0n) is 9.28. The van der Waals surface area contributed by atoms with E-state index < -0.39 is 0 Å². The molecular weight excluding hydrogens is 186 g/mol. The summed E-state index contributed by atoms with van der Waals surface area (Å²) >= 11 is 0. The summed E-state index contributed by atoms with van der Waals surface area (Å²) in [5, 5.41) is 1.05. The largest absolute Gasteiger partial charge is 0.382 e. The van der Waals surface area contributed by atoms with Crippen LogP contribution in [0.15, 0.2) is 24.5 Å². The minimum Gasteiger partial charge on any atom is -0.382 e. The highest BCUT2D eigenvalue weighted by Gasteiger charge is 2.14. The van der Waals surface area contributed by atoms with Gasteiger partial charge in [0, 0.05) is 17.8 Å². The Balaban J connectivity index is 2.68. The van der Waals surface area contributed by atoms with Gasteiger partial charge in [-0.05, 0) is 23.1 Å². The number of nitrogens with two attached hydrogens (primary N) is 1. The van der Waals surface area contributed by atoms with E-state index in [1.54, 1.807) is 6.20 Å². The predicted octanol–water partition coefficient (Wildman–Crippen LogP) is 2.51. The summed E-state index contributed by atoms with van der Waals surface area (Å²) in [4.78, 5) is 8.37. The number of rotatable bonds is 0. The SMILES string of the molecule is CC(C)(C)c1cnc2c(N)nccc2c1. The summed E-state index contributed by atoms with van der Waals surface area (Å²) in [7, 11) is 0. The number of nitrogen functional groups attached to an aromatic ring is 1. The molecule has 0 amide bonds. The van der Waals surface area contributed by atoms with Crippen LogP contribution in [-0.2, 0) is 5.41 Å². The number of fused-ring (bicyclic) bond motifs is 1. The zero-order valence-corrected chi connectivity index (χ0v) is 9.28. The predicted molar refractivity (Wildman–Crippen MR) is 62.7 cm³/mol. The molecule has 2 aromatic heterocycles. The van der Waals surface area contributed by atoms with E-state index in [-0.39, 0.29) is 5.41 Å². The van der Waals surface area contributed by atoms with E-state index >= 15 is 0 Å². The fraction of sp³-hybridized carbons (Fsp3) is 0.333. The molecule has 0 fully saturated rings. The van der Waals surface area contributed by atoms with Crippen molar-refractivity contribution in [3.8, 4) is 0 Å². The van der Waals surface area contributed by atoms with Gasteiger partial charge in [-0.15, -0.1) is 0 Å². The summed E-state index contributed by atoms with van der Waals surface area (Å²) in [5.41, 5.74) is 7.84. The van der Waals surface area contributed by atoms with Gasteiger partial charge in [0.25, 0.3) is 0 Å². The molecule has 0 bridgehead atoms. The molecule has 0 atom stereocenters. The second kappa shape index (κ2) is 3.19. The summed E-state index contributed by atoms with van der Waals surface area (Å²) in [6.45, 7) is 6.50. The summed E-state index contributed by atoms with van der Waals surface area (Å²) in [6, 6.07) is 4.06. The van der Waals surface area contributed by atoms with Crippen molar-refractivity contribution in [2.75, 3.05) is 5.73 Å². The molecule has 0 aliphatic rings. The van der Waals surface area contributed by atoms with Crippen LogP contribution in [0, 0.1) is 0 Å². The number of anilines is 1. The minimum atomic E-state index is 0.110. The Morgan fingerprint density at radius 1 is 1.20 bits per heavy atom. The molecular formula is C12H15N3. The summed E-state index contributed by atoms with van der Waals surface area (Å²) in [6.07, 6.45) is 3.59. The number of nitrogens with zero attached hydrogens (tertiary/aromatic N) is 2. The maximum absolute atomic E-state index is 5.74. The molecule has 0 saturated heterocycles. The molecule has 15 heavy (non-hydrogen) atoms. The van der Waals surface area contributed by atoms with Crippen molar-refractivity contribution in [2.45, 2.75) is 26.2 Å². The van der Waals surface area contributed by atoms with Gasteiger partial charge in [-0.2, -0.15) is 0 Å². The van der Waals surface area contributed by atoms with Crippen molar-refractivity contribution in [1.82, 2.24) is 9.97 Å². The van der Waals surface area contributed by atoms with Gasteiger partial charge in [0.15, 0.2) is 0 Å². The van der Waals surface area contributed by atoms with Gasteiger partial charge in [0.05, 0.1) is 0 Å². The third-order valence-electron chi connectivity index (χ3n) is 2.49. The third-order valence-corrected chi connectivity index (χ3v) is 2.49. The number of hydrogen-bond donors (Lipinski definition) is 1. The van der Waals surface area contributed by atoms with Crippen molar-refractivity contribution < 1.29 is 0 Å². The summed E-state index contributed by atoms with van der Waals surface area (Å²) < 4.78 is 0. The molecule has 2 heterocycles. The molecule has 0 aliphatic heterocycles. The Hall–Kier alpha value is -1.64. The van der Waals surface area contributed by atoms with Crippen LogP contribution in [0.25, 0.3) is 10.9 Å². The first-order valence-electron chi connectivity index (χ1n) is 4.99. The topological polar surface area (TPSA) is 51.8 Å². The molecule has 0 spiro atoms. The molecule has 0 aliphatic carbocycles. The fourth-order valence-electron chi connectivity index (χ4n) is 1.49. The van der Waals surface area contributed by atoms with Crippen molar-refractivity contribution in [3.05, 3.63) is 30.1 Å². The molecule has 3 nitrogen and oxygen atoms in total. The quantitative estimate of drug-likeness (QED) is 0.712. The average Bonchev–Trinajstić information content (AvgIpc) is 2.16. The van der Waals surface area contributed by atoms with Crippen LogP contribution < -0.4 is 5.73 Å². The van der Waals surface area contributed by atoms with Crippen LogP contribution in [0.4, 0.5) is 5.82 Å².